The Labute approximate surface area is 293 Å². The fourth-order valence-corrected chi connectivity index (χ4v) is 15.0. The summed E-state index contributed by atoms with van der Waals surface area (Å²) in [5, 5.41) is 10.5. The molecule has 3 fully saturated rings. The van der Waals surface area contributed by atoms with Gasteiger partial charge in [-0.25, -0.2) is 0 Å². The normalized spacial score (nSPS) is 19.6. The molecule has 2 aromatic rings. The molecule has 46 heavy (non-hydrogen) atoms. The van der Waals surface area contributed by atoms with E-state index < -0.39 is 19.5 Å². The molecule has 1 aliphatic heterocycles. The van der Waals surface area contributed by atoms with E-state index in [-0.39, 0.29) is 14.5 Å². The Morgan fingerprint density at radius 3 is 1.70 bits per heavy atom. The van der Waals surface area contributed by atoms with Crippen molar-refractivity contribution in [2.45, 2.75) is 127 Å². The first kappa shape index (κ1) is 37.6. The molecular weight excluding hydrogens is 719 g/mol. The van der Waals surface area contributed by atoms with E-state index in [1.807, 2.05) is 78.1 Å². The minimum atomic E-state index is -1.61. The van der Waals surface area contributed by atoms with Crippen molar-refractivity contribution in [2.24, 2.45) is 0 Å². The number of aryl methyl sites for hydroxylation is 2. The van der Waals surface area contributed by atoms with Crippen LogP contribution in [0.1, 0.15) is 113 Å². The summed E-state index contributed by atoms with van der Waals surface area (Å²) < 4.78 is 1.92. The van der Waals surface area contributed by atoms with Crippen molar-refractivity contribution in [2.75, 3.05) is 11.4 Å². The van der Waals surface area contributed by atoms with Gasteiger partial charge in [0, 0.05) is 20.2 Å². The summed E-state index contributed by atoms with van der Waals surface area (Å²) in [5.41, 5.74) is 8.19. The molecule has 0 atom stereocenters. The molecule has 256 valence electrons. The van der Waals surface area contributed by atoms with Gasteiger partial charge in [0.05, 0.1) is 22.9 Å². The molecule has 0 aromatic heterocycles. The standard InChI is InChI=1S/C18H33P.C13H15N2O2.C7H6.2ClH.Ru/c1-4-10-16(11-5-1)19(17-12-6-2-7-13-17)18-14-8-3-9-15-18;1-10-4-3-5-11(2)13(10)15-7-6-14(9-15)8-12(16)17;1-7-5-3-2-4-6-7;;;/h16-18H,1-15H2;3-7,9H,8H2,1-2H3,(H,16,17);1-6H;2*1H;/q;-1;;;;+2/p-2. The molecule has 6 rings (SSSR count). The van der Waals surface area contributed by atoms with Crippen molar-refractivity contribution >= 4 is 43.6 Å². The Morgan fingerprint density at radius 2 is 1.26 bits per heavy atom. The van der Waals surface area contributed by atoms with Crippen LogP contribution in [0, 0.1) is 20.5 Å². The van der Waals surface area contributed by atoms with Crippen LogP contribution >= 0.6 is 27.3 Å². The number of anilines is 1. The van der Waals surface area contributed by atoms with E-state index in [0.29, 0.717) is 0 Å². The van der Waals surface area contributed by atoms with Crippen LogP contribution in [0.5, 0.6) is 0 Å². The molecule has 3 aliphatic carbocycles. The third-order valence-corrected chi connectivity index (χ3v) is 16.4. The van der Waals surface area contributed by atoms with E-state index in [9.17, 15) is 9.90 Å². The zero-order valence-electron chi connectivity index (χ0n) is 27.8. The van der Waals surface area contributed by atoms with Crippen LogP contribution in [0.4, 0.5) is 5.69 Å². The second-order valence-electron chi connectivity index (χ2n) is 13.3. The van der Waals surface area contributed by atoms with E-state index >= 15 is 0 Å². The van der Waals surface area contributed by atoms with Crippen molar-refractivity contribution < 1.29 is 23.4 Å². The quantitative estimate of drug-likeness (QED) is 0.160. The first-order valence-corrected chi connectivity index (χ1v) is 24.6. The topological polar surface area (TPSA) is 46.6 Å². The van der Waals surface area contributed by atoms with Crippen LogP contribution in [0.3, 0.4) is 0 Å². The minimum absolute atomic E-state index is 0.0465. The number of hydrogen-bond donors (Lipinski definition) is 0. The molecule has 0 N–H and O–H groups in total. The number of carboxylic acids is 1. The van der Waals surface area contributed by atoms with Gasteiger partial charge in [-0.2, -0.15) is 6.67 Å². The molecule has 0 bridgehead atoms. The number of benzene rings is 2. The van der Waals surface area contributed by atoms with Gasteiger partial charge in [0.15, 0.2) is 0 Å². The number of aliphatic carboxylic acids is 1. The molecule has 0 spiro atoms. The van der Waals surface area contributed by atoms with Crippen LogP contribution in [0.15, 0.2) is 60.9 Å². The van der Waals surface area contributed by atoms with Crippen LogP contribution in [0.2, 0.25) is 0 Å². The third-order valence-electron chi connectivity index (χ3n) is 9.93. The summed E-state index contributed by atoms with van der Waals surface area (Å²) in [6, 6.07) is 16.0. The van der Waals surface area contributed by atoms with Gasteiger partial charge in [0.25, 0.3) is 0 Å². The van der Waals surface area contributed by atoms with E-state index in [1.165, 1.54) is 17.0 Å². The molecule has 4 nitrogen and oxygen atoms in total. The van der Waals surface area contributed by atoms with Gasteiger partial charge in [-0.3, -0.25) is 0 Å². The number of carbonyl (C=O) groups excluding carboxylic acids is 1. The van der Waals surface area contributed by atoms with Crippen LogP contribution in [-0.4, -0.2) is 39.0 Å². The monoisotopic (exact) mass is 773 g/mol. The second-order valence-corrected chi connectivity index (χ2v) is 22.5. The van der Waals surface area contributed by atoms with Gasteiger partial charge < -0.3 is 19.7 Å². The summed E-state index contributed by atoms with van der Waals surface area (Å²) in [4.78, 5) is 14.0. The summed E-state index contributed by atoms with van der Waals surface area (Å²) in [6.45, 7) is 5.69. The number of halogens is 2. The van der Waals surface area contributed by atoms with E-state index in [0.717, 1.165) is 22.4 Å². The number of hydrogen-bond acceptors (Lipinski definition) is 4. The SMILES string of the molecule is C1CCC([PH+](C2CCCCC2)C2CCCCC2)CC1.Cc1cccc(C)c1N1C=CN(CC(=O)[O-])[CH-]1.[Cl][Ru]([Cl])=[CH]c1ccccc1. The first-order valence-electron chi connectivity index (χ1n) is 17.4. The van der Waals surface area contributed by atoms with E-state index in [1.54, 1.807) is 114 Å². The molecule has 3 saturated carbocycles. The second kappa shape index (κ2) is 20.3. The van der Waals surface area contributed by atoms with Crippen molar-refractivity contribution in [1.82, 2.24) is 4.90 Å². The van der Waals surface area contributed by atoms with Gasteiger partial charge >= 0.3 is 73.4 Å². The molecule has 0 saturated heterocycles. The Bertz CT molecular complexity index is 1190. The molecule has 2 aromatic carbocycles. The van der Waals surface area contributed by atoms with Gasteiger partial charge in [0.1, 0.15) is 0 Å². The summed E-state index contributed by atoms with van der Waals surface area (Å²) >= 11 is -1.61. The van der Waals surface area contributed by atoms with Crippen LogP contribution in [-0.2, 0) is 18.3 Å². The van der Waals surface area contributed by atoms with Gasteiger partial charge in [-0.1, -0.05) is 37.5 Å². The third kappa shape index (κ3) is 12.3. The summed E-state index contributed by atoms with van der Waals surface area (Å²) in [5.74, 6) is -1.09. The van der Waals surface area contributed by atoms with Gasteiger partial charge in [0.2, 0.25) is 0 Å². The zero-order chi connectivity index (χ0) is 32.7. The molecular formula is C38H54Cl2N2O2PRu-. The predicted molar refractivity (Wildman–Crippen MR) is 196 cm³/mol. The maximum atomic E-state index is 10.5. The predicted octanol–water partition coefficient (Wildman–Crippen LogP) is 9.73. The van der Waals surface area contributed by atoms with E-state index in [4.69, 9.17) is 19.4 Å². The Kier molecular flexibility index (Phi) is 16.6. The van der Waals surface area contributed by atoms with Gasteiger partial charge in [-0.15, -0.1) is 0 Å². The molecule has 0 radical (unpaired) electrons. The van der Waals surface area contributed by atoms with E-state index in [2.05, 4.69) is 0 Å². The zero-order valence-corrected chi connectivity index (χ0v) is 32.0. The van der Waals surface area contributed by atoms with Crippen LogP contribution < -0.4 is 10.0 Å². The molecule has 8 heteroatoms. The van der Waals surface area contributed by atoms with Crippen molar-refractivity contribution in [3.05, 3.63) is 84.3 Å². The number of para-hydroxylation sites is 1. The molecule has 0 amide bonds. The Morgan fingerprint density at radius 1 is 0.783 bits per heavy atom. The summed E-state index contributed by atoms with van der Waals surface area (Å²) in [6.07, 6.45) is 27.4. The average Bonchev–Trinajstić information content (AvgIpc) is 3.50. The molecule has 1 heterocycles. The average molecular weight is 774 g/mol. The number of carbonyl (C=O) groups is 1. The fraction of sp³-hybridized carbons (Fsp3) is 0.553. The Balaban J connectivity index is 0.000000164. The van der Waals surface area contributed by atoms with Crippen LogP contribution in [0.25, 0.3) is 0 Å². The summed E-state index contributed by atoms with van der Waals surface area (Å²) in [7, 11) is 11.3. The number of carboxylic acid groups (broad SMARTS) is 1. The van der Waals surface area contributed by atoms with Crippen molar-refractivity contribution in [3.8, 4) is 0 Å². The van der Waals surface area contributed by atoms with Crippen molar-refractivity contribution in [1.29, 1.82) is 0 Å². The van der Waals surface area contributed by atoms with Gasteiger partial charge in [-0.05, 0) is 114 Å². The maximum absolute atomic E-state index is 10.5. The molecule has 0 unspecified atom stereocenters. The fourth-order valence-electron chi connectivity index (χ4n) is 7.90. The molecule has 4 aliphatic rings. The number of nitrogens with zero attached hydrogens (tertiary/aromatic N) is 2. The first-order chi connectivity index (χ1) is 22.3. The Hall–Kier alpha value is -1.25. The number of rotatable bonds is 7. The van der Waals surface area contributed by atoms with Crippen molar-refractivity contribution in [3.63, 3.8) is 0 Å².